The summed E-state index contributed by atoms with van der Waals surface area (Å²) in [6.07, 6.45) is 2.03. The topological polar surface area (TPSA) is 9.23 Å². The number of rotatable bonds is 7. The largest absolute Gasteiger partial charge is 0.496 e. The van der Waals surface area contributed by atoms with Crippen LogP contribution in [0, 0.1) is 0 Å². The zero-order valence-electron chi connectivity index (χ0n) is 11.9. The molecular formula is C18H21FO. The molecule has 0 amide bonds. The van der Waals surface area contributed by atoms with Crippen molar-refractivity contribution in [1.29, 1.82) is 0 Å². The molecule has 0 radical (unpaired) electrons. The summed E-state index contributed by atoms with van der Waals surface area (Å²) >= 11 is 0. The fourth-order valence-corrected chi connectivity index (χ4v) is 2.40. The Morgan fingerprint density at radius 1 is 1.00 bits per heavy atom. The molecule has 2 aromatic rings. The Kier molecular flexibility index (Phi) is 5.60. The Bertz CT molecular complexity index is 510. The van der Waals surface area contributed by atoms with Crippen LogP contribution in [0.5, 0.6) is 5.75 Å². The van der Waals surface area contributed by atoms with Crippen molar-refractivity contribution in [3.63, 3.8) is 0 Å². The molecule has 1 atom stereocenters. The molecule has 0 aliphatic carbocycles. The Hall–Kier alpha value is -1.83. The Labute approximate surface area is 120 Å². The molecule has 0 saturated heterocycles. The highest BCUT2D eigenvalue weighted by molar-refractivity contribution is 5.33. The number of ether oxygens (including phenoxy) is 1. The highest BCUT2D eigenvalue weighted by Crippen LogP contribution is 2.20. The molecule has 0 aliphatic heterocycles. The van der Waals surface area contributed by atoms with Crippen LogP contribution in [0.3, 0.4) is 0 Å². The summed E-state index contributed by atoms with van der Waals surface area (Å²) in [4.78, 5) is 0. The lowest BCUT2D eigenvalue weighted by atomic mass is 10.0. The van der Waals surface area contributed by atoms with Crippen LogP contribution >= 0.6 is 0 Å². The fourth-order valence-electron chi connectivity index (χ4n) is 2.40. The van der Waals surface area contributed by atoms with E-state index in [1.807, 2.05) is 54.6 Å². The summed E-state index contributed by atoms with van der Waals surface area (Å²) in [6.45, 7) is 0. The highest BCUT2D eigenvalue weighted by Gasteiger charge is 2.08. The maximum atomic E-state index is 13.9. The summed E-state index contributed by atoms with van der Waals surface area (Å²) < 4.78 is 19.2. The minimum atomic E-state index is -0.771. The molecule has 0 N–H and O–H groups in total. The van der Waals surface area contributed by atoms with Crippen LogP contribution in [0.25, 0.3) is 0 Å². The molecule has 2 rings (SSSR count). The van der Waals surface area contributed by atoms with Gasteiger partial charge in [0.05, 0.1) is 7.11 Å². The third-order valence-electron chi connectivity index (χ3n) is 3.46. The molecule has 0 heterocycles. The molecule has 2 heteroatoms. The molecule has 106 valence electrons. The average molecular weight is 272 g/mol. The summed E-state index contributed by atoms with van der Waals surface area (Å²) in [6, 6.07) is 17.8. The van der Waals surface area contributed by atoms with Crippen molar-refractivity contribution >= 4 is 0 Å². The number of benzene rings is 2. The molecule has 1 nitrogen and oxygen atoms in total. The van der Waals surface area contributed by atoms with Gasteiger partial charge >= 0.3 is 0 Å². The van der Waals surface area contributed by atoms with Gasteiger partial charge in [-0.2, -0.15) is 0 Å². The quantitative estimate of drug-likeness (QED) is 0.716. The van der Waals surface area contributed by atoms with Crippen LogP contribution < -0.4 is 4.74 Å². The van der Waals surface area contributed by atoms with Crippen molar-refractivity contribution in [3.8, 4) is 5.75 Å². The normalized spacial score (nSPS) is 12.1. The van der Waals surface area contributed by atoms with Gasteiger partial charge in [-0.3, -0.25) is 0 Å². The zero-order chi connectivity index (χ0) is 14.2. The summed E-state index contributed by atoms with van der Waals surface area (Å²) in [7, 11) is 1.67. The minimum absolute atomic E-state index is 0.507. The van der Waals surface area contributed by atoms with E-state index < -0.39 is 6.17 Å². The van der Waals surface area contributed by atoms with Crippen molar-refractivity contribution in [2.45, 2.75) is 31.9 Å². The second-order valence-corrected chi connectivity index (χ2v) is 4.99. The lowest BCUT2D eigenvalue weighted by molar-refractivity contribution is 0.306. The van der Waals surface area contributed by atoms with E-state index in [-0.39, 0.29) is 0 Å². The van der Waals surface area contributed by atoms with E-state index in [1.165, 1.54) is 0 Å². The summed E-state index contributed by atoms with van der Waals surface area (Å²) in [5.41, 5.74) is 2.22. The highest BCUT2D eigenvalue weighted by atomic mass is 19.1. The number of aryl methyl sites for hydroxylation is 1. The molecule has 20 heavy (non-hydrogen) atoms. The number of methoxy groups -OCH3 is 1. The summed E-state index contributed by atoms with van der Waals surface area (Å²) in [5.74, 6) is 0.894. The van der Waals surface area contributed by atoms with Crippen molar-refractivity contribution in [3.05, 3.63) is 65.7 Å². The maximum absolute atomic E-state index is 13.9. The molecule has 0 aromatic heterocycles. The smallest absolute Gasteiger partial charge is 0.122 e. The van der Waals surface area contributed by atoms with Crippen LogP contribution in [0.15, 0.2) is 54.6 Å². The number of hydrogen-bond donors (Lipinski definition) is 0. The predicted molar refractivity (Wildman–Crippen MR) is 81.0 cm³/mol. The number of halogens is 1. The summed E-state index contributed by atoms with van der Waals surface area (Å²) in [5, 5.41) is 0. The van der Waals surface area contributed by atoms with Crippen molar-refractivity contribution < 1.29 is 9.13 Å². The Morgan fingerprint density at radius 2 is 1.70 bits per heavy atom. The van der Waals surface area contributed by atoms with Gasteiger partial charge in [0.1, 0.15) is 11.9 Å². The van der Waals surface area contributed by atoms with Gasteiger partial charge in [-0.25, -0.2) is 4.39 Å². The minimum Gasteiger partial charge on any atom is -0.496 e. The van der Waals surface area contributed by atoms with Crippen molar-refractivity contribution in [1.82, 2.24) is 0 Å². The van der Waals surface area contributed by atoms with Crippen LogP contribution in [-0.4, -0.2) is 13.3 Å². The standard InChI is InChI=1S/C18H21FO/c1-20-18-13-6-5-10-16(18)11-7-12-17(19)14-15-8-3-2-4-9-15/h2-6,8-10,13,17H,7,11-12,14H2,1H3. The Balaban J connectivity index is 1.78. The van der Waals surface area contributed by atoms with E-state index in [4.69, 9.17) is 4.74 Å². The Morgan fingerprint density at radius 3 is 2.45 bits per heavy atom. The SMILES string of the molecule is COc1ccccc1CCCC(F)Cc1ccccc1. The molecule has 2 aromatic carbocycles. The molecule has 0 spiro atoms. The van der Waals surface area contributed by atoms with Crippen LogP contribution in [-0.2, 0) is 12.8 Å². The second kappa shape index (κ2) is 7.68. The first-order valence-electron chi connectivity index (χ1n) is 7.09. The zero-order valence-corrected chi connectivity index (χ0v) is 11.9. The first kappa shape index (κ1) is 14.6. The van der Waals surface area contributed by atoms with Gasteiger partial charge < -0.3 is 4.74 Å². The van der Waals surface area contributed by atoms with Gasteiger partial charge in [0.2, 0.25) is 0 Å². The van der Waals surface area contributed by atoms with Crippen LogP contribution in [0.1, 0.15) is 24.0 Å². The molecule has 0 bridgehead atoms. The van der Waals surface area contributed by atoms with Gasteiger partial charge in [-0.1, -0.05) is 48.5 Å². The van der Waals surface area contributed by atoms with Crippen LogP contribution in [0.2, 0.25) is 0 Å². The van der Waals surface area contributed by atoms with Gasteiger partial charge in [0.15, 0.2) is 0 Å². The number of alkyl halides is 1. The number of hydrogen-bond acceptors (Lipinski definition) is 1. The average Bonchev–Trinajstić information content (AvgIpc) is 2.49. The van der Waals surface area contributed by atoms with E-state index in [9.17, 15) is 4.39 Å². The first-order valence-corrected chi connectivity index (χ1v) is 7.09. The number of para-hydroxylation sites is 1. The van der Waals surface area contributed by atoms with Gasteiger partial charge in [-0.15, -0.1) is 0 Å². The molecule has 0 saturated carbocycles. The predicted octanol–water partition coefficient (Wildman–Crippen LogP) is 4.60. The van der Waals surface area contributed by atoms with Gasteiger partial charge in [0.25, 0.3) is 0 Å². The van der Waals surface area contributed by atoms with E-state index in [0.717, 1.165) is 29.7 Å². The first-order chi connectivity index (χ1) is 9.79. The molecule has 0 fully saturated rings. The van der Waals surface area contributed by atoms with Crippen molar-refractivity contribution in [2.75, 3.05) is 7.11 Å². The monoisotopic (exact) mass is 272 g/mol. The van der Waals surface area contributed by atoms with Gasteiger partial charge in [-0.05, 0) is 36.5 Å². The van der Waals surface area contributed by atoms with Gasteiger partial charge in [0, 0.05) is 6.42 Å². The van der Waals surface area contributed by atoms with E-state index >= 15 is 0 Å². The van der Waals surface area contributed by atoms with Crippen LogP contribution in [0.4, 0.5) is 4.39 Å². The molecule has 1 unspecified atom stereocenters. The van der Waals surface area contributed by atoms with E-state index in [2.05, 4.69) is 0 Å². The maximum Gasteiger partial charge on any atom is 0.122 e. The van der Waals surface area contributed by atoms with E-state index in [0.29, 0.717) is 12.8 Å². The lowest BCUT2D eigenvalue weighted by Gasteiger charge is -2.10. The molecule has 0 aliphatic rings. The van der Waals surface area contributed by atoms with E-state index in [1.54, 1.807) is 7.11 Å². The second-order valence-electron chi connectivity index (χ2n) is 4.99. The van der Waals surface area contributed by atoms with Crippen molar-refractivity contribution in [2.24, 2.45) is 0 Å². The molecular weight excluding hydrogens is 251 g/mol. The third kappa shape index (κ3) is 4.37. The lowest BCUT2D eigenvalue weighted by Crippen LogP contribution is -2.05. The fraction of sp³-hybridized carbons (Fsp3) is 0.333. The third-order valence-corrected chi connectivity index (χ3v) is 3.46.